The van der Waals surface area contributed by atoms with Gasteiger partial charge in [0.15, 0.2) is 0 Å². The largest absolute Gasteiger partial charge is 0.302 e. The van der Waals surface area contributed by atoms with E-state index in [1.54, 1.807) is 17.4 Å². The highest BCUT2D eigenvalue weighted by Crippen LogP contribution is 2.34. The molecule has 0 N–H and O–H groups in total. The highest BCUT2D eigenvalue weighted by Gasteiger charge is 2.13. The predicted molar refractivity (Wildman–Crippen MR) is 82.2 cm³/mol. The van der Waals surface area contributed by atoms with Crippen molar-refractivity contribution in [1.82, 2.24) is 4.90 Å². The van der Waals surface area contributed by atoms with Crippen LogP contribution in [-0.4, -0.2) is 25.0 Å². The molecule has 1 aromatic carbocycles. The highest BCUT2D eigenvalue weighted by atomic mass is 79.9. The van der Waals surface area contributed by atoms with Crippen molar-refractivity contribution in [2.75, 3.05) is 20.1 Å². The Morgan fingerprint density at radius 2 is 2.17 bits per heavy atom. The molecule has 1 aliphatic rings. The van der Waals surface area contributed by atoms with Crippen molar-refractivity contribution in [3.05, 3.63) is 41.0 Å². The highest BCUT2D eigenvalue weighted by molar-refractivity contribution is 8.93. The number of thiophene rings is 1. The van der Waals surface area contributed by atoms with Crippen LogP contribution in [0.15, 0.2) is 30.3 Å². The van der Waals surface area contributed by atoms with Gasteiger partial charge in [0.1, 0.15) is 5.82 Å². The maximum absolute atomic E-state index is 13.6. The first-order valence-electron chi connectivity index (χ1n) is 5.80. The summed E-state index contributed by atoms with van der Waals surface area (Å²) in [5.74, 6) is -0.104. The van der Waals surface area contributed by atoms with Crippen LogP contribution in [-0.2, 0) is 0 Å². The van der Waals surface area contributed by atoms with Crippen molar-refractivity contribution in [3.8, 4) is 0 Å². The van der Waals surface area contributed by atoms with E-state index in [9.17, 15) is 4.39 Å². The monoisotopic (exact) mass is 327 g/mol. The van der Waals surface area contributed by atoms with Crippen molar-refractivity contribution < 1.29 is 4.39 Å². The molecular weight excluding hydrogens is 313 g/mol. The fourth-order valence-electron chi connectivity index (χ4n) is 2.18. The minimum Gasteiger partial charge on any atom is -0.302 e. The summed E-state index contributed by atoms with van der Waals surface area (Å²) in [4.78, 5) is 3.51. The van der Waals surface area contributed by atoms with E-state index < -0.39 is 0 Å². The Bertz CT molecular complexity index is 590. The van der Waals surface area contributed by atoms with Gasteiger partial charge in [-0.05, 0) is 36.6 Å². The quantitative estimate of drug-likeness (QED) is 0.753. The summed E-state index contributed by atoms with van der Waals surface area (Å²) < 4.78 is 14.4. The van der Waals surface area contributed by atoms with Crippen LogP contribution in [0.1, 0.15) is 11.3 Å². The summed E-state index contributed by atoms with van der Waals surface area (Å²) in [6, 6.07) is 7.40. The molecule has 0 amide bonds. The van der Waals surface area contributed by atoms with Gasteiger partial charge in [-0.2, -0.15) is 0 Å². The number of benzene rings is 1. The van der Waals surface area contributed by atoms with Gasteiger partial charge in [-0.15, -0.1) is 28.3 Å². The summed E-state index contributed by atoms with van der Waals surface area (Å²) in [6.07, 6.45) is 3.32. The molecule has 3 rings (SSSR count). The minimum atomic E-state index is -0.104. The molecule has 2 heterocycles. The lowest BCUT2D eigenvalue weighted by atomic mass is 10.1. The first-order valence-corrected chi connectivity index (χ1v) is 6.62. The molecule has 0 spiro atoms. The molecule has 2 aromatic rings. The second-order valence-electron chi connectivity index (χ2n) is 4.51. The third-order valence-electron chi connectivity index (χ3n) is 3.22. The normalized spacial score (nSPS) is 16.4. The Balaban J connectivity index is 0.00000120. The Kier molecular flexibility index (Phi) is 4.20. The summed E-state index contributed by atoms with van der Waals surface area (Å²) >= 11 is 1.57. The number of halogens is 2. The minimum absolute atomic E-state index is 0. The Labute approximate surface area is 121 Å². The summed E-state index contributed by atoms with van der Waals surface area (Å²) in [5.41, 5.74) is 1.36. The maximum atomic E-state index is 13.6. The molecule has 1 aliphatic heterocycles. The van der Waals surface area contributed by atoms with Crippen molar-refractivity contribution in [1.29, 1.82) is 0 Å². The van der Waals surface area contributed by atoms with Crippen molar-refractivity contribution in [2.45, 2.75) is 6.42 Å². The van der Waals surface area contributed by atoms with E-state index in [1.807, 2.05) is 6.07 Å². The average Bonchev–Trinajstić information content (AvgIpc) is 2.75. The van der Waals surface area contributed by atoms with Gasteiger partial charge in [0.2, 0.25) is 0 Å². The maximum Gasteiger partial charge on any atom is 0.141 e. The molecule has 0 unspecified atom stereocenters. The van der Waals surface area contributed by atoms with Crippen LogP contribution in [0.2, 0.25) is 0 Å². The SMILES string of the molecule is Br.CN1CC=C(c2cc3cccc(F)c3s2)CC1. The van der Waals surface area contributed by atoms with Crippen LogP contribution in [0.5, 0.6) is 0 Å². The zero-order valence-electron chi connectivity index (χ0n) is 10.1. The molecule has 0 radical (unpaired) electrons. The molecule has 0 atom stereocenters. The van der Waals surface area contributed by atoms with Gasteiger partial charge in [-0.25, -0.2) is 4.39 Å². The van der Waals surface area contributed by atoms with Crippen LogP contribution in [0, 0.1) is 5.82 Å². The fraction of sp³-hybridized carbons (Fsp3) is 0.286. The number of likely N-dealkylation sites (N-methyl/N-ethyl adjacent to an activating group) is 1. The number of rotatable bonds is 1. The summed E-state index contributed by atoms with van der Waals surface area (Å²) in [6.45, 7) is 2.08. The fourth-order valence-corrected chi connectivity index (χ4v) is 3.31. The summed E-state index contributed by atoms with van der Waals surface area (Å²) in [7, 11) is 2.12. The van der Waals surface area contributed by atoms with Gasteiger partial charge in [0, 0.05) is 18.0 Å². The lowest BCUT2D eigenvalue weighted by Crippen LogP contribution is -2.23. The average molecular weight is 328 g/mol. The standard InChI is InChI=1S/C14H14FNS.BrH/c1-16-7-5-10(6-8-16)13-9-11-3-2-4-12(15)14(11)17-13;/h2-5,9H,6-8H2,1H3;1H. The topological polar surface area (TPSA) is 3.24 Å². The molecule has 0 aliphatic carbocycles. The van der Waals surface area contributed by atoms with E-state index in [4.69, 9.17) is 0 Å². The van der Waals surface area contributed by atoms with Gasteiger partial charge in [0.25, 0.3) is 0 Å². The Hall–Kier alpha value is -0.710. The second-order valence-corrected chi connectivity index (χ2v) is 5.56. The predicted octanol–water partition coefficient (Wildman–Crippen LogP) is 4.34. The molecule has 0 bridgehead atoms. The van der Waals surface area contributed by atoms with Crippen LogP contribution in [0.3, 0.4) is 0 Å². The zero-order valence-corrected chi connectivity index (χ0v) is 12.7. The zero-order chi connectivity index (χ0) is 11.8. The first-order chi connectivity index (χ1) is 8.24. The van der Waals surface area contributed by atoms with Crippen LogP contribution < -0.4 is 0 Å². The van der Waals surface area contributed by atoms with E-state index >= 15 is 0 Å². The first kappa shape index (κ1) is 13.7. The van der Waals surface area contributed by atoms with E-state index in [1.165, 1.54) is 16.5 Å². The number of hydrogen-bond donors (Lipinski definition) is 0. The number of nitrogens with zero attached hydrogens (tertiary/aromatic N) is 1. The van der Waals surface area contributed by atoms with Crippen molar-refractivity contribution in [2.24, 2.45) is 0 Å². The summed E-state index contributed by atoms with van der Waals surface area (Å²) in [5, 5.41) is 1.02. The van der Waals surface area contributed by atoms with Gasteiger partial charge < -0.3 is 4.90 Å². The smallest absolute Gasteiger partial charge is 0.141 e. The van der Waals surface area contributed by atoms with Crippen LogP contribution >= 0.6 is 28.3 Å². The van der Waals surface area contributed by atoms with Gasteiger partial charge in [-0.1, -0.05) is 18.2 Å². The molecular formula is C14H15BrFNS. The number of hydrogen-bond acceptors (Lipinski definition) is 2. The molecule has 0 saturated carbocycles. The Morgan fingerprint density at radius 3 is 2.83 bits per heavy atom. The van der Waals surface area contributed by atoms with Gasteiger partial charge in [-0.3, -0.25) is 0 Å². The van der Waals surface area contributed by atoms with Gasteiger partial charge >= 0.3 is 0 Å². The Morgan fingerprint density at radius 1 is 1.33 bits per heavy atom. The molecule has 1 aromatic heterocycles. The molecule has 0 fully saturated rings. The number of fused-ring (bicyclic) bond motifs is 1. The third kappa shape index (κ3) is 2.51. The van der Waals surface area contributed by atoms with Crippen molar-refractivity contribution in [3.63, 3.8) is 0 Å². The van der Waals surface area contributed by atoms with E-state index in [2.05, 4.69) is 24.1 Å². The molecule has 0 saturated heterocycles. The van der Waals surface area contributed by atoms with Gasteiger partial charge in [0.05, 0.1) is 4.70 Å². The second kappa shape index (κ2) is 5.51. The van der Waals surface area contributed by atoms with E-state index in [0.717, 1.165) is 29.6 Å². The molecule has 1 nitrogen and oxygen atoms in total. The van der Waals surface area contributed by atoms with E-state index in [-0.39, 0.29) is 22.8 Å². The molecule has 4 heteroatoms. The lowest BCUT2D eigenvalue weighted by molar-refractivity contribution is 0.370. The van der Waals surface area contributed by atoms with Crippen LogP contribution in [0.25, 0.3) is 15.7 Å². The van der Waals surface area contributed by atoms with Crippen LogP contribution in [0.4, 0.5) is 4.39 Å². The third-order valence-corrected chi connectivity index (χ3v) is 4.46. The lowest BCUT2D eigenvalue weighted by Gasteiger charge is -2.21. The molecule has 96 valence electrons. The van der Waals surface area contributed by atoms with E-state index in [0.29, 0.717) is 0 Å². The molecule has 18 heavy (non-hydrogen) atoms. The van der Waals surface area contributed by atoms with Crippen molar-refractivity contribution >= 4 is 44.0 Å².